The average Bonchev–Trinajstić information content (AvgIpc) is 2.75. The number of aliphatic carboxylic acids is 1. The second kappa shape index (κ2) is 7.36. The molecule has 1 rings (SSSR count). The maximum absolute atomic E-state index is 12.0. The van der Waals surface area contributed by atoms with Gasteiger partial charge in [0.2, 0.25) is 5.91 Å². The van der Waals surface area contributed by atoms with Crippen molar-refractivity contribution in [3.63, 3.8) is 0 Å². The van der Waals surface area contributed by atoms with Crippen LogP contribution in [0, 0.1) is 5.92 Å². The first-order valence-electron chi connectivity index (χ1n) is 6.75. The molecule has 104 valence electrons. The van der Waals surface area contributed by atoms with Crippen molar-refractivity contribution < 1.29 is 14.7 Å². The monoisotopic (exact) mass is 256 g/mol. The molecule has 1 fully saturated rings. The third-order valence-corrected chi connectivity index (χ3v) is 3.44. The summed E-state index contributed by atoms with van der Waals surface area (Å²) in [5.41, 5.74) is 0. The molecule has 0 spiro atoms. The third-order valence-electron chi connectivity index (χ3n) is 3.44. The summed E-state index contributed by atoms with van der Waals surface area (Å²) in [4.78, 5) is 24.4. The smallest absolute Gasteiger partial charge is 0.303 e. The molecule has 1 saturated heterocycles. The van der Waals surface area contributed by atoms with Crippen LogP contribution in [-0.4, -0.2) is 47.6 Å². The van der Waals surface area contributed by atoms with E-state index >= 15 is 0 Å². The number of carboxylic acids is 1. The van der Waals surface area contributed by atoms with Crippen molar-refractivity contribution in [2.75, 3.05) is 19.6 Å². The molecule has 5 heteroatoms. The maximum atomic E-state index is 12.0. The van der Waals surface area contributed by atoms with Gasteiger partial charge in [-0.2, -0.15) is 0 Å². The van der Waals surface area contributed by atoms with E-state index in [0.29, 0.717) is 18.8 Å². The Morgan fingerprint density at radius 2 is 2.22 bits per heavy atom. The van der Waals surface area contributed by atoms with Crippen molar-refractivity contribution in [1.29, 1.82) is 0 Å². The van der Waals surface area contributed by atoms with Gasteiger partial charge in [-0.1, -0.05) is 6.92 Å². The molecule has 5 nitrogen and oxygen atoms in total. The Balaban J connectivity index is 2.28. The summed E-state index contributed by atoms with van der Waals surface area (Å²) in [7, 11) is 0. The molecule has 0 aromatic rings. The molecule has 0 aromatic carbocycles. The first-order chi connectivity index (χ1) is 8.52. The molecule has 18 heavy (non-hydrogen) atoms. The Morgan fingerprint density at radius 3 is 2.83 bits per heavy atom. The van der Waals surface area contributed by atoms with Crippen LogP contribution in [0.15, 0.2) is 0 Å². The average molecular weight is 256 g/mol. The van der Waals surface area contributed by atoms with E-state index in [1.807, 2.05) is 18.7 Å². The minimum Gasteiger partial charge on any atom is -0.481 e. The molecule has 2 unspecified atom stereocenters. The topological polar surface area (TPSA) is 69.6 Å². The van der Waals surface area contributed by atoms with E-state index in [-0.39, 0.29) is 18.4 Å². The zero-order valence-corrected chi connectivity index (χ0v) is 11.3. The molecular formula is C13H24N2O3. The van der Waals surface area contributed by atoms with E-state index in [1.165, 1.54) is 0 Å². The second-order valence-electron chi connectivity index (χ2n) is 5.09. The summed E-state index contributed by atoms with van der Waals surface area (Å²) in [6.07, 6.45) is 2.36. The van der Waals surface area contributed by atoms with Crippen molar-refractivity contribution in [2.24, 2.45) is 5.92 Å². The highest BCUT2D eigenvalue weighted by molar-refractivity contribution is 5.77. The van der Waals surface area contributed by atoms with Gasteiger partial charge in [0, 0.05) is 32.0 Å². The fourth-order valence-corrected chi connectivity index (χ4v) is 2.43. The van der Waals surface area contributed by atoms with Crippen molar-refractivity contribution in [1.82, 2.24) is 10.2 Å². The number of nitrogens with zero attached hydrogens (tertiary/aromatic N) is 1. The quantitative estimate of drug-likeness (QED) is 0.715. The van der Waals surface area contributed by atoms with Crippen LogP contribution in [-0.2, 0) is 9.59 Å². The lowest BCUT2D eigenvalue weighted by Gasteiger charge is -2.19. The van der Waals surface area contributed by atoms with Gasteiger partial charge in [0.25, 0.3) is 0 Å². The Labute approximate surface area is 109 Å². The molecule has 0 bridgehead atoms. The SMILES string of the molecule is CCNC(C)CC(=O)N1CCC(CCC(=O)O)C1. The number of carbonyl (C=O) groups is 2. The molecule has 1 aliphatic heterocycles. The van der Waals surface area contributed by atoms with Crippen LogP contribution in [0.1, 0.15) is 39.5 Å². The number of amides is 1. The van der Waals surface area contributed by atoms with E-state index < -0.39 is 5.97 Å². The number of likely N-dealkylation sites (tertiary alicyclic amines) is 1. The van der Waals surface area contributed by atoms with Crippen LogP contribution in [0.2, 0.25) is 0 Å². The molecule has 1 heterocycles. The number of carbonyl (C=O) groups excluding carboxylic acids is 1. The molecule has 2 N–H and O–H groups in total. The summed E-state index contributed by atoms with van der Waals surface area (Å²) in [5.74, 6) is -0.207. The van der Waals surface area contributed by atoms with E-state index in [0.717, 1.165) is 26.1 Å². The maximum Gasteiger partial charge on any atom is 0.303 e. The van der Waals surface area contributed by atoms with Crippen LogP contribution >= 0.6 is 0 Å². The lowest BCUT2D eigenvalue weighted by molar-refractivity contribution is -0.137. The van der Waals surface area contributed by atoms with Crippen LogP contribution in [0.25, 0.3) is 0 Å². The van der Waals surface area contributed by atoms with Gasteiger partial charge in [-0.05, 0) is 32.2 Å². The summed E-state index contributed by atoms with van der Waals surface area (Å²) in [6.45, 7) is 6.42. The number of rotatable bonds is 7. The van der Waals surface area contributed by atoms with Crippen molar-refractivity contribution in [3.8, 4) is 0 Å². The normalized spacial score (nSPS) is 21.0. The zero-order chi connectivity index (χ0) is 13.5. The minimum absolute atomic E-state index is 0.182. The largest absolute Gasteiger partial charge is 0.481 e. The fraction of sp³-hybridized carbons (Fsp3) is 0.846. The van der Waals surface area contributed by atoms with Gasteiger partial charge in [-0.3, -0.25) is 9.59 Å². The van der Waals surface area contributed by atoms with Gasteiger partial charge in [0.05, 0.1) is 0 Å². The Morgan fingerprint density at radius 1 is 1.50 bits per heavy atom. The van der Waals surface area contributed by atoms with Gasteiger partial charge in [-0.15, -0.1) is 0 Å². The Bertz CT molecular complexity index is 294. The number of hydrogen-bond donors (Lipinski definition) is 2. The van der Waals surface area contributed by atoms with E-state index in [4.69, 9.17) is 5.11 Å². The highest BCUT2D eigenvalue weighted by Gasteiger charge is 2.26. The van der Waals surface area contributed by atoms with Crippen LogP contribution in [0.5, 0.6) is 0 Å². The third kappa shape index (κ3) is 5.04. The molecule has 0 aromatic heterocycles. The highest BCUT2D eigenvalue weighted by Crippen LogP contribution is 2.21. The summed E-state index contributed by atoms with van der Waals surface area (Å²) < 4.78 is 0. The predicted molar refractivity (Wildman–Crippen MR) is 69.3 cm³/mol. The molecule has 1 amide bonds. The van der Waals surface area contributed by atoms with Gasteiger partial charge < -0.3 is 15.3 Å². The van der Waals surface area contributed by atoms with E-state index in [1.54, 1.807) is 0 Å². The zero-order valence-electron chi connectivity index (χ0n) is 11.3. The van der Waals surface area contributed by atoms with Crippen LogP contribution < -0.4 is 5.32 Å². The molecule has 2 atom stereocenters. The lowest BCUT2D eigenvalue weighted by atomic mass is 10.0. The molecule has 0 radical (unpaired) electrons. The first-order valence-corrected chi connectivity index (χ1v) is 6.75. The summed E-state index contributed by atoms with van der Waals surface area (Å²) in [6, 6.07) is 0.209. The van der Waals surface area contributed by atoms with E-state index in [2.05, 4.69) is 5.32 Å². The molecular weight excluding hydrogens is 232 g/mol. The van der Waals surface area contributed by atoms with Gasteiger partial charge >= 0.3 is 5.97 Å². The lowest BCUT2D eigenvalue weighted by Crippen LogP contribution is -2.35. The van der Waals surface area contributed by atoms with E-state index in [9.17, 15) is 9.59 Å². The van der Waals surface area contributed by atoms with Gasteiger partial charge in [0.15, 0.2) is 0 Å². The molecule has 0 aliphatic carbocycles. The van der Waals surface area contributed by atoms with Crippen LogP contribution in [0.3, 0.4) is 0 Å². The Kier molecular flexibility index (Phi) is 6.12. The second-order valence-corrected chi connectivity index (χ2v) is 5.09. The molecule has 1 aliphatic rings. The predicted octanol–water partition coefficient (Wildman–Crippen LogP) is 1.09. The van der Waals surface area contributed by atoms with Gasteiger partial charge in [-0.25, -0.2) is 0 Å². The van der Waals surface area contributed by atoms with Crippen molar-refractivity contribution >= 4 is 11.9 Å². The number of nitrogens with one attached hydrogen (secondary N) is 1. The number of carboxylic acid groups (broad SMARTS) is 1. The van der Waals surface area contributed by atoms with Gasteiger partial charge in [0.1, 0.15) is 0 Å². The molecule has 0 saturated carbocycles. The van der Waals surface area contributed by atoms with Crippen molar-refractivity contribution in [3.05, 3.63) is 0 Å². The first kappa shape index (κ1) is 15.0. The van der Waals surface area contributed by atoms with Crippen molar-refractivity contribution in [2.45, 2.75) is 45.6 Å². The standard InChI is InChI=1S/C13H24N2O3/c1-3-14-10(2)8-12(16)15-7-6-11(9-15)4-5-13(17)18/h10-11,14H,3-9H2,1-2H3,(H,17,18). The highest BCUT2D eigenvalue weighted by atomic mass is 16.4. The minimum atomic E-state index is -0.749. The fourth-order valence-electron chi connectivity index (χ4n) is 2.43. The van der Waals surface area contributed by atoms with Crippen LogP contribution in [0.4, 0.5) is 0 Å². The summed E-state index contributed by atoms with van der Waals surface area (Å²) in [5, 5.41) is 11.9. The Hall–Kier alpha value is -1.10. The summed E-state index contributed by atoms with van der Waals surface area (Å²) >= 11 is 0. The number of hydrogen-bond acceptors (Lipinski definition) is 3.